The number of halogens is 5. The van der Waals surface area contributed by atoms with Gasteiger partial charge in [0.15, 0.2) is 11.7 Å². The SMILES string of the molecule is CC1C(c2ccc(Cl)cc2)=N[N+](C(N)=O)(c2ccc(C(F)(F)F)cc2)C1c1ccc(Cl)nc1. The fourth-order valence-electron chi connectivity index (χ4n) is 4.21. The summed E-state index contributed by atoms with van der Waals surface area (Å²) in [7, 11) is 0. The Kier molecular flexibility index (Phi) is 5.94. The van der Waals surface area contributed by atoms with E-state index in [1.54, 1.807) is 36.4 Å². The number of nitrogens with zero attached hydrogens (tertiary/aromatic N) is 3. The van der Waals surface area contributed by atoms with Gasteiger partial charge in [-0.3, -0.25) is 0 Å². The molecule has 2 heterocycles. The first-order valence-electron chi connectivity index (χ1n) is 9.88. The number of hydrogen-bond acceptors (Lipinski definition) is 3. The van der Waals surface area contributed by atoms with Crippen molar-refractivity contribution in [1.82, 2.24) is 9.58 Å². The summed E-state index contributed by atoms with van der Waals surface area (Å²) < 4.78 is 38.7. The van der Waals surface area contributed by atoms with E-state index in [-0.39, 0.29) is 16.8 Å². The van der Waals surface area contributed by atoms with Gasteiger partial charge < -0.3 is 5.73 Å². The Morgan fingerprint density at radius 2 is 1.64 bits per heavy atom. The van der Waals surface area contributed by atoms with Crippen molar-refractivity contribution in [3.05, 3.63) is 93.7 Å². The van der Waals surface area contributed by atoms with Gasteiger partial charge in [0.1, 0.15) is 10.9 Å². The van der Waals surface area contributed by atoms with Crippen LogP contribution in [0.5, 0.6) is 0 Å². The summed E-state index contributed by atoms with van der Waals surface area (Å²) >= 11 is 12.0. The molecule has 3 unspecified atom stereocenters. The van der Waals surface area contributed by atoms with Crippen LogP contribution < -0.4 is 10.3 Å². The van der Waals surface area contributed by atoms with Crippen molar-refractivity contribution in [2.75, 3.05) is 0 Å². The molecule has 0 saturated heterocycles. The van der Waals surface area contributed by atoms with E-state index in [0.717, 1.165) is 12.1 Å². The number of quaternary nitrogens is 1. The number of hydrogen-bond donors (Lipinski definition) is 1. The molecular weight excluding hydrogens is 476 g/mol. The zero-order valence-electron chi connectivity index (χ0n) is 17.2. The second-order valence-electron chi connectivity index (χ2n) is 7.71. The molecular formula is C23H18Cl2F3N4O+. The third kappa shape index (κ3) is 4.10. The minimum atomic E-state index is -4.52. The number of rotatable bonds is 3. The number of urea groups is 1. The molecule has 170 valence electrons. The van der Waals surface area contributed by atoms with Crippen molar-refractivity contribution in [2.24, 2.45) is 16.8 Å². The number of alkyl halides is 3. The van der Waals surface area contributed by atoms with Gasteiger partial charge >= 0.3 is 12.2 Å². The molecule has 2 aromatic carbocycles. The van der Waals surface area contributed by atoms with Gasteiger partial charge in [-0.15, -0.1) is 0 Å². The van der Waals surface area contributed by atoms with Gasteiger partial charge in [-0.25, -0.2) is 9.78 Å². The van der Waals surface area contributed by atoms with Gasteiger partial charge in [0.2, 0.25) is 0 Å². The normalized spacial score (nSPS) is 22.8. The summed E-state index contributed by atoms with van der Waals surface area (Å²) in [6, 6.07) is 13.0. The van der Waals surface area contributed by atoms with Gasteiger partial charge in [0.25, 0.3) is 0 Å². The lowest BCUT2D eigenvalue weighted by Crippen LogP contribution is -2.54. The Balaban J connectivity index is 1.95. The minimum absolute atomic E-state index is 0.200. The Labute approximate surface area is 197 Å². The summed E-state index contributed by atoms with van der Waals surface area (Å²) in [6.45, 7) is 1.87. The monoisotopic (exact) mass is 493 g/mol. The van der Waals surface area contributed by atoms with E-state index in [0.29, 0.717) is 21.9 Å². The molecule has 2 N–H and O–H groups in total. The molecule has 1 aromatic heterocycles. The van der Waals surface area contributed by atoms with E-state index in [9.17, 15) is 18.0 Å². The number of carbonyl (C=O) groups is 1. The largest absolute Gasteiger partial charge is 0.446 e. The smallest absolute Gasteiger partial charge is 0.316 e. The molecule has 10 heteroatoms. The Bertz CT molecular complexity index is 1210. The fourth-order valence-corrected chi connectivity index (χ4v) is 4.45. The van der Waals surface area contributed by atoms with Gasteiger partial charge in [-0.2, -0.15) is 13.2 Å². The predicted octanol–water partition coefficient (Wildman–Crippen LogP) is 6.59. The minimum Gasteiger partial charge on any atom is -0.316 e. The van der Waals surface area contributed by atoms with E-state index in [2.05, 4.69) is 4.98 Å². The molecule has 0 aliphatic carbocycles. The van der Waals surface area contributed by atoms with E-state index in [1.807, 2.05) is 6.92 Å². The summed E-state index contributed by atoms with van der Waals surface area (Å²) in [5.41, 5.74) is 7.15. The average molecular weight is 494 g/mol. The lowest BCUT2D eigenvalue weighted by atomic mass is 9.88. The van der Waals surface area contributed by atoms with Crippen LogP contribution in [0.3, 0.4) is 0 Å². The van der Waals surface area contributed by atoms with Gasteiger partial charge in [-0.1, -0.05) is 52.0 Å². The second kappa shape index (κ2) is 8.44. The van der Waals surface area contributed by atoms with Crippen LogP contribution >= 0.6 is 23.2 Å². The molecule has 2 amide bonds. The second-order valence-corrected chi connectivity index (χ2v) is 8.53. The van der Waals surface area contributed by atoms with Crippen LogP contribution in [0.4, 0.5) is 23.7 Å². The maximum absolute atomic E-state index is 13.2. The van der Waals surface area contributed by atoms with E-state index >= 15 is 0 Å². The van der Waals surface area contributed by atoms with Crippen molar-refractivity contribution >= 4 is 40.6 Å². The van der Waals surface area contributed by atoms with Crippen LogP contribution in [0.25, 0.3) is 0 Å². The number of pyridine rings is 1. The zero-order chi connectivity index (χ0) is 24.0. The molecule has 33 heavy (non-hydrogen) atoms. The molecule has 1 aliphatic heterocycles. The quantitative estimate of drug-likeness (QED) is 0.330. The van der Waals surface area contributed by atoms with E-state index in [1.165, 1.54) is 18.3 Å². The molecule has 1 aliphatic rings. The standard InChI is InChI=1S/C23H17Cl2F3N4O/c1-13-20(14-2-7-17(24)8-3-14)31-32(22(29)33,21(13)15-4-11-19(25)30-12-15)18-9-5-16(6-10-18)23(26,27)28/h2-13,21H,1H3,(H-,29,33)/p+1. The summed E-state index contributed by atoms with van der Waals surface area (Å²) in [5.74, 6) is -0.357. The Morgan fingerprint density at radius 1 is 1.00 bits per heavy atom. The molecule has 0 radical (unpaired) electrons. The number of aromatic nitrogens is 1. The van der Waals surface area contributed by atoms with Crippen LogP contribution in [-0.2, 0) is 6.18 Å². The van der Waals surface area contributed by atoms with Gasteiger partial charge in [0.05, 0.1) is 11.5 Å². The van der Waals surface area contributed by atoms with E-state index in [4.69, 9.17) is 34.0 Å². The maximum Gasteiger partial charge on any atom is 0.446 e. The first-order valence-corrected chi connectivity index (χ1v) is 10.6. The lowest BCUT2D eigenvalue weighted by Gasteiger charge is -2.32. The number of nitrogens with two attached hydrogens (primary N) is 1. The van der Waals surface area contributed by atoms with Crippen molar-refractivity contribution in [2.45, 2.75) is 19.1 Å². The predicted molar refractivity (Wildman–Crippen MR) is 122 cm³/mol. The maximum atomic E-state index is 13.2. The lowest BCUT2D eigenvalue weighted by molar-refractivity contribution is -0.137. The van der Waals surface area contributed by atoms with Crippen LogP contribution in [0, 0.1) is 5.92 Å². The topological polar surface area (TPSA) is 68.3 Å². The zero-order valence-corrected chi connectivity index (χ0v) is 18.7. The molecule has 4 rings (SSSR count). The van der Waals surface area contributed by atoms with Crippen molar-refractivity contribution in [1.29, 1.82) is 0 Å². The third-order valence-electron chi connectivity index (χ3n) is 5.73. The highest BCUT2D eigenvalue weighted by Crippen LogP contribution is 2.47. The fraction of sp³-hybridized carbons (Fsp3) is 0.174. The van der Waals surface area contributed by atoms with E-state index < -0.39 is 28.4 Å². The van der Waals surface area contributed by atoms with Crippen LogP contribution in [0.1, 0.15) is 29.7 Å². The van der Waals surface area contributed by atoms with Crippen molar-refractivity contribution in [3.8, 4) is 0 Å². The molecule has 5 nitrogen and oxygen atoms in total. The summed E-state index contributed by atoms with van der Waals surface area (Å²) in [4.78, 5) is 17.1. The molecule has 0 fully saturated rings. The van der Waals surface area contributed by atoms with Crippen molar-refractivity contribution in [3.63, 3.8) is 0 Å². The highest BCUT2D eigenvalue weighted by molar-refractivity contribution is 6.30. The van der Waals surface area contributed by atoms with Crippen LogP contribution in [0.15, 0.2) is 72.0 Å². The van der Waals surface area contributed by atoms with Gasteiger partial charge in [-0.05, 0) is 36.4 Å². The number of primary amides is 1. The molecule has 3 atom stereocenters. The highest BCUT2D eigenvalue weighted by Gasteiger charge is 2.57. The summed E-state index contributed by atoms with van der Waals surface area (Å²) in [5, 5.41) is 5.53. The third-order valence-corrected chi connectivity index (χ3v) is 6.20. The van der Waals surface area contributed by atoms with Crippen LogP contribution in [0.2, 0.25) is 10.2 Å². The Morgan fingerprint density at radius 3 is 2.15 bits per heavy atom. The molecule has 0 bridgehead atoms. The number of benzene rings is 2. The van der Waals surface area contributed by atoms with Gasteiger partial charge in [0, 0.05) is 34.5 Å². The number of carbonyl (C=O) groups excluding carboxylic acids is 1. The first kappa shape index (κ1) is 23.2. The molecule has 3 aromatic rings. The van der Waals surface area contributed by atoms with Crippen molar-refractivity contribution < 1.29 is 18.0 Å². The average Bonchev–Trinajstić information content (AvgIpc) is 3.09. The molecule has 0 spiro atoms. The first-order chi connectivity index (χ1) is 15.5. The Hall–Kier alpha value is -2.94. The molecule has 0 saturated carbocycles. The summed E-state index contributed by atoms with van der Waals surface area (Å²) in [6.07, 6.45) is -3.00. The van der Waals surface area contributed by atoms with Crippen LogP contribution in [-0.4, -0.2) is 16.7 Å². The highest BCUT2D eigenvalue weighted by atomic mass is 35.5. The number of amides is 2.